The summed E-state index contributed by atoms with van der Waals surface area (Å²) in [4.78, 5) is 32.0. The molecule has 1 unspecified atom stereocenters. The Kier molecular flexibility index (Phi) is 7.65. The molecule has 0 bridgehead atoms. The zero-order chi connectivity index (χ0) is 26.0. The van der Waals surface area contributed by atoms with E-state index in [0.29, 0.717) is 37.8 Å². The molecule has 3 aromatic rings. The third-order valence-corrected chi connectivity index (χ3v) is 7.20. The van der Waals surface area contributed by atoms with Gasteiger partial charge in [-0.3, -0.25) is 9.36 Å². The molecule has 0 radical (unpaired) electrons. The maximum atomic E-state index is 13.7. The second-order valence-electron chi connectivity index (χ2n) is 7.81. The first-order valence-corrected chi connectivity index (χ1v) is 12.7. The molecular weight excluding hydrogens is 548 g/mol. The molecule has 2 aromatic carbocycles. The van der Waals surface area contributed by atoms with Gasteiger partial charge in [0.2, 0.25) is 5.75 Å². The Bertz CT molecular complexity index is 1500. The first-order valence-electron chi connectivity index (χ1n) is 11.1. The van der Waals surface area contributed by atoms with Crippen molar-refractivity contribution in [1.29, 1.82) is 0 Å². The Hall–Kier alpha value is -3.37. The van der Waals surface area contributed by atoms with Crippen molar-refractivity contribution in [3.05, 3.63) is 83.0 Å². The van der Waals surface area contributed by atoms with Crippen LogP contribution in [0.4, 0.5) is 0 Å². The molecule has 0 saturated heterocycles. The molecule has 1 aliphatic heterocycles. The number of nitrogens with zero attached hydrogens (tertiary/aromatic N) is 2. The number of ether oxygens (including phenoxy) is 4. The van der Waals surface area contributed by atoms with E-state index < -0.39 is 12.0 Å². The molecule has 0 amide bonds. The summed E-state index contributed by atoms with van der Waals surface area (Å²) in [5, 5.41) is 0. The highest BCUT2D eigenvalue weighted by Crippen LogP contribution is 2.42. The molecule has 1 aliphatic rings. The number of fused-ring (bicyclic) bond motifs is 1. The van der Waals surface area contributed by atoms with Gasteiger partial charge in [0.15, 0.2) is 16.3 Å². The van der Waals surface area contributed by atoms with Crippen LogP contribution in [0.3, 0.4) is 0 Å². The van der Waals surface area contributed by atoms with Crippen LogP contribution in [0.1, 0.15) is 31.0 Å². The van der Waals surface area contributed by atoms with Gasteiger partial charge in [-0.05, 0) is 55.3 Å². The molecular formula is C26H25BrN2O6S. The molecule has 8 nitrogen and oxygen atoms in total. The van der Waals surface area contributed by atoms with Gasteiger partial charge >= 0.3 is 5.97 Å². The van der Waals surface area contributed by atoms with Crippen molar-refractivity contribution >= 4 is 39.3 Å². The van der Waals surface area contributed by atoms with Gasteiger partial charge in [-0.25, -0.2) is 9.79 Å². The van der Waals surface area contributed by atoms with Crippen LogP contribution in [-0.4, -0.2) is 38.5 Å². The van der Waals surface area contributed by atoms with E-state index in [1.807, 2.05) is 30.3 Å². The second kappa shape index (κ2) is 10.7. The average Bonchev–Trinajstić information content (AvgIpc) is 3.17. The molecule has 1 atom stereocenters. The molecule has 1 aromatic heterocycles. The summed E-state index contributed by atoms with van der Waals surface area (Å²) in [6.45, 7) is 3.66. The predicted octanol–water partition coefficient (Wildman–Crippen LogP) is 3.59. The number of methoxy groups -OCH3 is 3. The molecule has 0 aliphatic carbocycles. The maximum absolute atomic E-state index is 13.7. The Morgan fingerprint density at radius 2 is 1.75 bits per heavy atom. The summed E-state index contributed by atoms with van der Waals surface area (Å²) in [6, 6.07) is 10.3. The molecule has 10 heteroatoms. The van der Waals surface area contributed by atoms with Crippen LogP contribution in [0.5, 0.6) is 17.2 Å². The minimum Gasteiger partial charge on any atom is -0.493 e. The lowest BCUT2D eigenvalue weighted by atomic mass is 9.95. The van der Waals surface area contributed by atoms with E-state index in [2.05, 4.69) is 20.9 Å². The highest BCUT2D eigenvalue weighted by Gasteiger charge is 2.34. The van der Waals surface area contributed by atoms with Crippen LogP contribution >= 0.6 is 27.3 Å². The van der Waals surface area contributed by atoms with Crippen molar-refractivity contribution in [3.63, 3.8) is 0 Å². The van der Waals surface area contributed by atoms with Crippen LogP contribution in [0, 0.1) is 0 Å². The van der Waals surface area contributed by atoms with Gasteiger partial charge in [0.25, 0.3) is 5.56 Å². The number of carbonyl (C=O) groups excluding carboxylic acids is 1. The molecule has 2 heterocycles. The number of hydrogen-bond acceptors (Lipinski definition) is 8. The van der Waals surface area contributed by atoms with E-state index in [-0.39, 0.29) is 17.7 Å². The van der Waals surface area contributed by atoms with Crippen LogP contribution in [0.15, 0.2) is 61.9 Å². The van der Waals surface area contributed by atoms with Crippen LogP contribution in [0.2, 0.25) is 0 Å². The number of esters is 1. The van der Waals surface area contributed by atoms with Gasteiger partial charge in [0.1, 0.15) is 0 Å². The largest absolute Gasteiger partial charge is 0.493 e. The minimum atomic E-state index is -0.805. The highest BCUT2D eigenvalue weighted by molar-refractivity contribution is 9.10. The van der Waals surface area contributed by atoms with Crippen molar-refractivity contribution in [1.82, 2.24) is 4.57 Å². The summed E-state index contributed by atoms with van der Waals surface area (Å²) in [7, 11) is 4.54. The van der Waals surface area contributed by atoms with Crippen LogP contribution in [-0.2, 0) is 9.53 Å². The lowest BCUT2D eigenvalue weighted by Crippen LogP contribution is -2.40. The number of aromatic nitrogens is 1. The minimum absolute atomic E-state index is 0.186. The highest BCUT2D eigenvalue weighted by atomic mass is 79.9. The molecule has 0 fully saturated rings. The maximum Gasteiger partial charge on any atom is 0.338 e. The van der Waals surface area contributed by atoms with E-state index in [9.17, 15) is 9.59 Å². The standard InChI is InChI=1S/C26H25BrN2O6S/c1-6-35-25(31)21-14(2)28-26-29(24(30)20(36-26)11-15-7-9-17(27)10-8-15)22(21)16-12-18(32-3)23(34-5)19(13-16)33-4/h7-13,22H,6H2,1-5H3. The van der Waals surface area contributed by atoms with Crippen molar-refractivity contribution in [2.45, 2.75) is 19.9 Å². The van der Waals surface area contributed by atoms with Gasteiger partial charge in [-0.1, -0.05) is 39.4 Å². The molecule has 188 valence electrons. The van der Waals surface area contributed by atoms with Crippen LogP contribution < -0.4 is 29.1 Å². The lowest BCUT2D eigenvalue weighted by molar-refractivity contribution is -0.139. The number of halogens is 1. The number of hydrogen-bond donors (Lipinski definition) is 0. The molecule has 0 saturated carbocycles. The van der Waals surface area contributed by atoms with Crippen molar-refractivity contribution < 1.29 is 23.7 Å². The monoisotopic (exact) mass is 572 g/mol. The summed E-state index contributed by atoms with van der Waals surface area (Å²) in [6.07, 6.45) is 1.81. The smallest absolute Gasteiger partial charge is 0.338 e. The topological polar surface area (TPSA) is 88.4 Å². The number of rotatable bonds is 7. The normalized spacial score (nSPS) is 15.3. The fraction of sp³-hybridized carbons (Fsp3) is 0.269. The summed E-state index contributed by atoms with van der Waals surface area (Å²) >= 11 is 4.69. The zero-order valence-corrected chi connectivity index (χ0v) is 22.9. The number of allylic oxidation sites excluding steroid dienone is 1. The van der Waals surface area contributed by atoms with Gasteiger partial charge in [0.05, 0.1) is 49.8 Å². The van der Waals surface area contributed by atoms with Gasteiger partial charge < -0.3 is 18.9 Å². The van der Waals surface area contributed by atoms with E-state index in [1.54, 1.807) is 26.0 Å². The number of thiazole rings is 1. The van der Waals surface area contributed by atoms with E-state index in [4.69, 9.17) is 18.9 Å². The second-order valence-corrected chi connectivity index (χ2v) is 9.74. The van der Waals surface area contributed by atoms with Gasteiger partial charge in [-0.15, -0.1) is 0 Å². The Morgan fingerprint density at radius 3 is 2.31 bits per heavy atom. The number of benzene rings is 2. The average molecular weight is 573 g/mol. The molecule has 0 N–H and O–H groups in total. The third-order valence-electron chi connectivity index (χ3n) is 5.69. The Labute approximate surface area is 220 Å². The van der Waals surface area contributed by atoms with Gasteiger partial charge in [-0.2, -0.15) is 0 Å². The molecule has 36 heavy (non-hydrogen) atoms. The van der Waals surface area contributed by atoms with Crippen molar-refractivity contribution in [2.24, 2.45) is 4.99 Å². The summed E-state index contributed by atoms with van der Waals surface area (Å²) in [5.74, 6) is 0.674. The Balaban J connectivity index is 2.01. The summed E-state index contributed by atoms with van der Waals surface area (Å²) < 4.78 is 24.9. The first-order chi connectivity index (χ1) is 17.3. The third kappa shape index (κ3) is 4.70. The van der Waals surface area contributed by atoms with E-state index >= 15 is 0 Å². The van der Waals surface area contributed by atoms with Crippen LogP contribution in [0.25, 0.3) is 6.08 Å². The van der Waals surface area contributed by atoms with Gasteiger partial charge in [0, 0.05) is 4.47 Å². The fourth-order valence-corrected chi connectivity index (χ4v) is 5.39. The molecule has 0 spiro atoms. The molecule has 4 rings (SSSR count). The fourth-order valence-electron chi connectivity index (χ4n) is 4.08. The SMILES string of the molecule is CCOC(=O)C1=C(C)N=c2sc(=Cc3ccc(Br)cc3)c(=O)n2C1c1cc(OC)c(OC)c(OC)c1. The first kappa shape index (κ1) is 25.7. The van der Waals surface area contributed by atoms with Crippen molar-refractivity contribution in [3.8, 4) is 17.2 Å². The quantitative estimate of drug-likeness (QED) is 0.402. The van der Waals surface area contributed by atoms with E-state index in [0.717, 1.165) is 10.0 Å². The predicted molar refractivity (Wildman–Crippen MR) is 141 cm³/mol. The number of carbonyl (C=O) groups is 1. The Morgan fingerprint density at radius 1 is 1.11 bits per heavy atom. The summed E-state index contributed by atoms with van der Waals surface area (Å²) in [5.41, 5.74) is 1.94. The van der Waals surface area contributed by atoms with E-state index in [1.165, 1.54) is 37.2 Å². The van der Waals surface area contributed by atoms with Crippen molar-refractivity contribution in [2.75, 3.05) is 27.9 Å². The lowest BCUT2D eigenvalue weighted by Gasteiger charge is -2.26. The zero-order valence-electron chi connectivity index (χ0n) is 20.5.